The highest BCUT2D eigenvalue weighted by atomic mass is 35.5. The fraction of sp³-hybridized carbons (Fsp3) is 0.455. The molecular formula is C11H15ClN2. The number of hydrogen-bond donors (Lipinski definition) is 2. The molecule has 1 aromatic carbocycles. The van der Waals surface area contributed by atoms with Crippen LogP contribution in [0.5, 0.6) is 0 Å². The van der Waals surface area contributed by atoms with Gasteiger partial charge < -0.3 is 10.6 Å². The fourth-order valence-corrected chi connectivity index (χ4v) is 2.00. The normalized spacial score (nSPS) is 26.4. The van der Waals surface area contributed by atoms with E-state index in [-0.39, 0.29) is 5.38 Å². The largest absolute Gasteiger partial charge is 0.379 e. The Bertz CT molecular complexity index is 314. The third kappa shape index (κ3) is 2.20. The van der Waals surface area contributed by atoms with Gasteiger partial charge in [0.15, 0.2) is 0 Å². The van der Waals surface area contributed by atoms with Gasteiger partial charge in [-0.15, -0.1) is 11.6 Å². The summed E-state index contributed by atoms with van der Waals surface area (Å²) in [6.45, 7) is 3.93. The lowest BCUT2D eigenvalue weighted by Gasteiger charge is -2.16. The van der Waals surface area contributed by atoms with Crippen molar-refractivity contribution in [3.63, 3.8) is 0 Å². The number of halogens is 1. The van der Waals surface area contributed by atoms with Gasteiger partial charge in [0.1, 0.15) is 0 Å². The number of nitrogens with one attached hydrogen (secondary N) is 2. The Morgan fingerprint density at radius 1 is 1.43 bits per heavy atom. The number of aryl methyl sites for hydroxylation is 1. The Kier molecular flexibility index (Phi) is 2.94. The zero-order valence-corrected chi connectivity index (χ0v) is 9.01. The first-order chi connectivity index (χ1) is 6.75. The Hall–Kier alpha value is -0.730. The van der Waals surface area contributed by atoms with Crippen molar-refractivity contribution in [3.8, 4) is 0 Å². The van der Waals surface area contributed by atoms with Crippen LogP contribution in [-0.2, 0) is 0 Å². The lowest BCUT2D eigenvalue weighted by Crippen LogP contribution is -2.28. The molecule has 0 saturated carbocycles. The molecule has 0 bridgehead atoms. The quantitative estimate of drug-likeness (QED) is 0.730. The maximum absolute atomic E-state index is 6.14. The van der Waals surface area contributed by atoms with Crippen LogP contribution in [0.3, 0.4) is 0 Å². The van der Waals surface area contributed by atoms with Crippen LogP contribution in [0, 0.1) is 6.92 Å². The molecule has 76 valence electrons. The Labute approximate surface area is 89.7 Å². The predicted octanol–water partition coefficient (Wildman–Crippen LogP) is 1.99. The molecule has 0 aromatic heterocycles. The van der Waals surface area contributed by atoms with Crippen molar-refractivity contribution < 1.29 is 0 Å². The van der Waals surface area contributed by atoms with Crippen LogP contribution < -0.4 is 10.6 Å². The van der Waals surface area contributed by atoms with Crippen molar-refractivity contribution in [2.45, 2.75) is 18.3 Å². The van der Waals surface area contributed by atoms with E-state index < -0.39 is 0 Å². The number of benzene rings is 1. The molecule has 2 nitrogen and oxygen atoms in total. The molecule has 1 heterocycles. The number of alkyl halides is 1. The van der Waals surface area contributed by atoms with Gasteiger partial charge >= 0.3 is 0 Å². The molecule has 1 aliphatic rings. The predicted molar refractivity (Wildman–Crippen MR) is 61.1 cm³/mol. The van der Waals surface area contributed by atoms with Gasteiger partial charge in [0.2, 0.25) is 0 Å². The van der Waals surface area contributed by atoms with Gasteiger partial charge in [0, 0.05) is 18.8 Å². The molecule has 14 heavy (non-hydrogen) atoms. The number of rotatable bonds is 2. The van der Waals surface area contributed by atoms with Crippen LogP contribution in [0.15, 0.2) is 24.3 Å². The molecule has 1 saturated heterocycles. The third-order valence-electron chi connectivity index (χ3n) is 2.51. The third-order valence-corrected chi connectivity index (χ3v) is 2.97. The lowest BCUT2D eigenvalue weighted by atomic mass is 10.2. The molecule has 1 aromatic rings. The van der Waals surface area contributed by atoms with E-state index in [1.54, 1.807) is 0 Å². The molecular weight excluding hydrogens is 196 g/mol. The van der Waals surface area contributed by atoms with Crippen molar-refractivity contribution in [1.82, 2.24) is 5.32 Å². The monoisotopic (exact) mass is 210 g/mol. The lowest BCUT2D eigenvalue weighted by molar-refractivity contribution is 0.797. The van der Waals surface area contributed by atoms with Crippen molar-refractivity contribution in [1.29, 1.82) is 0 Å². The standard InChI is InChI=1S/C11H15ClN2/c1-8-3-2-4-9(5-8)14-11-7-13-6-10(11)12/h2-5,10-11,13-14H,6-7H2,1H3. The second kappa shape index (κ2) is 4.20. The van der Waals surface area contributed by atoms with Crippen molar-refractivity contribution in [2.24, 2.45) is 0 Å². The van der Waals surface area contributed by atoms with E-state index in [2.05, 4.69) is 41.8 Å². The van der Waals surface area contributed by atoms with Crippen molar-refractivity contribution in [2.75, 3.05) is 18.4 Å². The van der Waals surface area contributed by atoms with E-state index in [9.17, 15) is 0 Å². The average Bonchev–Trinajstić information content (AvgIpc) is 2.52. The minimum atomic E-state index is 0.190. The van der Waals surface area contributed by atoms with Gasteiger partial charge in [-0.1, -0.05) is 12.1 Å². The minimum Gasteiger partial charge on any atom is -0.379 e. The highest BCUT2D eigenvalue weighted by Crippen LogP contribution is 2.16. The Balaban J connectivity index is 2.03. The maximum Gasteiger partial charge on any atom is 0.0674 e. The Morgan fingerprint density at radius 3 is 2.93 bits per heavy atom. The van der Waals surface area contributed by atoms with Crippen LogP contribution >= 0.6 is 11.6 Å². The summed E-state index contributed by atoms with van der Waals surface area (Å²) in [4.78, 5) is 0. The van der Waals surface area contributed by atoms with Gasteiger partial charge in [-0.3, -0.25) is 0 Å². The zero-order valence-electron chi connectivity index (χ0n) is 8.26. The summed E-state index contributed by atoms with van der Waals surface area (Å²) >= 11 is 6.14. The first-order valence-electron chi connectivity index (χ1n) is 4.94. The van der Waals surface area contributed by atoms with Gasteiger partial charge in [-0.2, -0.15) is 0 Å². The second-order valence-corrected chi connectivity index (χ2v) is 4.36. The van der Waals surface area contributed by atoms with Gasteiger partial charge in [-0.25, -0.2) is 0 Å². The van der Waals surface area contributed by atoms with E-state index in [1.165, 1.54) is 5.56 Å². The fourth-order valence-electron chi connectivity index (χ4n) is 1.74. The summed E-state index contributed by atoms with van der Waals surface area (Å²) in [5.74, 6) is 0. The molecule has 0 amide bonds. The maximum atomic E-state index is 6.14. The average molecular weight is 211 g/mol. The number of anilines is 1. The smallest absolute Gasteiger partial charge is 0.0674 e. The van der Waals surface area contributed by atoms with E-state index >= 15 is 0 Å². The molecule has 1 fully saturated rings. The van der Waals surface area contributed by atoms with Crippen LogP contribution in [0.1, 0.15) is 5.56 Å². The Morgan fingerprint density at radius 2 is 2.29 bits per heavy atom. The van der Waals surface area contributed by atoms with E-state index in [0.717, 1.165) is 18.8 Å². The summed E-state index contributed by atoms with van der Waals surface area (Å²) in [5.41, 5.74) is 2.43. The first kappa shape index (κ1) is 9.81. The second-order valence-electron chi connectivity index (χ2n) is 3.79. The molecule has 3 heteroatoms. The molecule has 0 spiro atoms. The van der Waals surface area contributed by atoms with Crippen molar-refractivity contribution in [3.05, 3.63) is 29.8 Å². The first-order valence-corrected chi connectivity index (χ1v) is 5.37. The van der Waals surface area contributed by atoms with Crippen LogP contribution in [0.25, 0.3) is 0 Å². The van der Waals surface area contributed by atoms with Gasteiger partial charge in [0.25, 0.3) is 0 Å². The minimum absolute atomic E-state index is 0.190. The molecule has 2 rings (SSSR count). The van der Waals surface area contributed by atoms with Crippen molar-refractivity contribution >= 4 is 17.3 Å². The van der Waals surface area contributed by atoms with E-state index in [1.807, 2.05) is 0 Å². The SMILES string of the molecule is Cc1cccc(NC2CNCC2Cl)c1. The molecule has 2 N–H and O–H groups in total. The van der Waals surface area contributed by atoms with Crippen LogP contribution in [0.2, 0.25) is 0 Å². The van der Waals surface area contributed by atoms with Crippen LogP contribution in [0.4, 0.5) is 5.69 Å². The number of hydrogen-bond acceptors (Lipinski definition) is 2. The molecule has 0 aliphatic carbocycles. The van der Waals surface area contributed by atoms with Crippen LogP contribution in [-0.4, -0.2) is 24.5 Å². The highest BCUT2D eigenvalue weighted by molar-refractivity contribution is 6.21. The summed E-state index contributed by atoms with van der Waals surface area (Å²) in [6, 6.07) is 8.72. The van der Waals surface area contributed by atoms with Gasteiger partial charge in [-0.05, 0) is 24.6 Å². The van der Waals surface area contributed by atoms with E-state index in [4.69, 9.17) is 11.6 Å². The summed E-state index contributed by atoms with van der Waals surface area (Å²) < 4.78 is 0. The molecule has 2 unspecified atom stereocenters. The van der Waals surface area contributed by atoms with E-state index in [0.29, 0.717) is 6.04 Å². The van der Waals surface area contributed by atoms with Gasteiger partial charge in [0.05, 0.1) is 11.4 Å². The molecule has 1 aliphatic heterocycles. The molecule has 0 radical (unpaired) electrons. The summed E-state index contributed by atoms with van der Waals surface area (Å²) in [7, 11) is 0. The summed E-state index contributed by atoms with van der Waals surface area (Å²) in [6.07, 6.45) is 0. The molecule has 2 atom stereocenters. The zero-order chi connectivity index (χ0) is 9.97. The highest BCUT2D eigenvalue weighted by Gasteiger charge is 2.24. The topological polar surface area (TPSA) is 24.1 Å². The summed E-state index contributed by atoms with van der Waals surface area (Å²) in [5, 5.41) is 6.89.